The highest BCUT2D eigenvalue weighted by atomic mass is 14.1. The van der Waals surface area contributed by atoms with Crippen molar-refractivity contribution in [3.8, 4) is 0 Å². The zero-order valence-corrected chi connectivity index (χ0v) is 9.30. The molecule has 0 amide bonds. The van der Waals surface area contributed by atoms with E-state index < -0.39 is 0 Å². The summed E-state index contributed by atoms with van der Waals surface area (Å²) in [5.41, 5.74) is 5.78. The molecule has 74 valence electrons. The zero-order chi connectivity index (χ0) is 10.1. The first-order valence-electron chi connectivity index (χ1n) is 5.43. The Labute approximate surface area is 86.7 Å². The average molecular weight is 186 g/mol. The maximum absolute atomic E-state index is 2.36. The summed E-state index contributed by atoms with van der Waals surface area (Å²) in [6.45, 7) is 6.72. The van der Waals surface area contributed by atoms with E-state index in [9.17, 15) is 0 Å². The lowest BCUT2D eigenvalue weighted by Gasteiger charge is -2.11. The number of hydrogen-bond acceptors (Lipinski definition) is 0. The van der Waals surface area contributed by atoms with Gasteiger partial charge in [-0.1, -0.05) is 31.2 Å². The topological polar surface area (TPSA) is 0 Å². The molecule has 0 spiro atoms. The van der Waals surface area contributed by atoms with Crippen LogP contribution in [0.2, 0.25) is 0 Å². The van der Waals surface area contributed by atoms with Crippen LogP contribution in [0.5, 0.6) is 0 Å². The van der Waals surface area contributed by atoms with E-state index in [0.717, 1.165) is 5.92 Å². The molecule has 0 fully saturated rings. The second-order valence-electron chi connectivity index (χ2n) is 4.58. The van der Waals surface area contributed by atoms with Crippen LogP contribution in [0.4, 0.5) is 0 Å². The van der Waals surface area contributed by atoms with Crippen molar-refractivity contribution in [2.24, 2.45) is 5.92 Å². The van der Waals surface area contributed by atoms with Gasteiger partial charge in [-0.05, 0) is 54.9 Å². The molecule has 0 unspecified atom stereocenters. The third kappa shape index (κ3) is 1.75. The van der Waals surface area contributed by atoms with Crippen molar-refractivity contribution in [1.29, 1.82) is 0 Å². The molecule has 0 saturated heterocycles. The van der Waals surface area contributed by atoms with Crippen molar-refractivity contribution in [2.45, 2.75) is 33.6 Å². The van der Waals surface area contributed by atoms with E-state index in [1.807, 2.05) is 0 Å². The number of rotatable bonds is 0. The first-order chi connectivity index (χ1) is 6.66. The molecular formula is C14H18. The molecular weight excluding hydrogens is 168 g/mol. The summed E-state index contributed by atoms with van der Waals surface area (Å²) < 4.78 is 0. The van der Waals surface area contributed by atoms with Crippen LogP contribution in [0.1, 0.15) is 35.6 Å². The molecule has 14 heavy (non-hydrogen) atoms. The molecule has 1 aromatic carbocycles. The lowest BCUT2D eigenvalue weighted by atomic mass is 9.94. The van der Waals surface area contributed by atoms with Crippen LogP contribution in [0.3, 0.4) is 0 Å². The molecule has 0 heterocycles. The van der Waals surface area contributed by atoms with Gasteiger partial charge < -0.3 is 0 Å². The molecule has 0 heteroatoms. The van der Waals surface area contributed by atoms with Gasteiger partial charge in [0.2, 0.25) is 0 Å². The number of hydrogen-bond donors (Lipinski definition) is 0. The summed E-state index contributed by atoms with van der Waals surface area (Å²) in [5.74, 6) is 0.787. The first kappa shape index (κ1) is 9.51. The molecule has 0 aromatic heterocycles. The number of aryl methyl sites for hydroxylation is 2. The Balaban J connectivity index is 2.49. The Morgan fingerprint density at radius 2 is 1.86 bits per heavy atom. The summed E-state index contributed by atoms with van der Waals surface area (Å²) in [4.78, 5) is 0. The highest BCUT2D eigenvalue weighted by molar-refractivity contribution is 5.57. The number of fused-ring (bicyclic) bond motifs is 1. The van der Waals surface area contributed by atoms with Gasteiger partial charge in [0.05, 0.1) is 0 Å². The minimum absolute atomic E-state index is 0.787. The van der Waals surface area contributed by atoms with Crippen molar-refractivity contribution in [3.63, 3.8) is 0 Å². The van der Waals surface area contributed by atoms with Crippen molar-refractivity contribution < 1.29 is 0 Å². The van der Waals surface area contributed by atoms with Gasteiger partial charge in [-0.2, -0.15) is 0 Å². The highest BCUT2D eigenvalue weighted by Crippen LogP contribution is 2.25. The standard InChI is InChI=1S/C14H18/c1-10-5-4-6-13-8-11(2)12(3)9-14(13)7-10/h4,6,8-10H,5,7H2,1-3H3/t10-/m0/s1. The first-order valence-corrected chi connectivity index (χ1v) is 5.43. The molecule has 2 rings (SSSR count). The molecule has 1 atom stereocenters. The maximum Gasteiger partial charge on any atom is -0.0225 e. The van der Waals surface area contributed by atoms with Crippen molar-refractivity contribution in [1.82, 2.24) is 0 Å². The zero-order valence-electron chi connectivity index (χ0n) is 9.30. The maximum atomic E-state index is 2.36. The quantitative estimate of drug-likeness (QED) is 0.576. The molecule has 1 aliphatic carbocycles. The Hall–Kier alpha value is -1.04. The van der Waals surface area contributed by atoms with E-state index >= 15 is 0 Å². The summed E-state index contributed by atoms with van der Waals surface area (Å²) in [6, 6.07) is 4.68. The second kappa shape index (κ2) is 3.61. The van der Waals surface area contributed by atoms with Gasteiger partial charge in [-0.3, -0.25) is 0 Å². The van der Waals surface area contributed by atoms with Gasteiger partial charge in [0, 0.05) is 0 Å². The molecule has 0 radical (unpaired) electrons. The summed E-state index contributed by atoms with van der Waals surface area (Å²) in [6.07, 6.45) is 7.03. The Bertz CT molecular complexity index is 372. The average Bonchev–Trinajstić information content (AvgIpc) is 2.28. The van der Waals surface area contributed by atoms with Gasteiger partial charge >= 0.3 is 0 Å². The van der Waals surface area contributed by atoms with Crippen LogP contribution in [0, 0.1) is 19.8 Å². The van der Waals surface area contributed by atoms with Gasteiger partial charge in [0.25, 0.3) is 0 Å². The minimum Gasteiger partial charge on any atom is -0.0837 e. The third-order valence-corrected chi connectivity index (χ3v) is 3.16. The molecule has 0 N–H and O–H groups in total. The van der Waals surface area contributed by atoms with Crippen LogP contribution in [-0.4, -0.2) is 0 Å². The van der Waals surface area contributed by atoms with Gasteiger partial charge in [0.1, 0.15) is 0 Å². The van der Waals surface area contributed by atoms with E-state index in [-0.39, 0.29) is 0 Å². The minimum atomic E-state index is 0.787. The number of allylic oxidation sites excluding steroid dienone is 1. The van der Waals surface area contributed by atoms with Gasteiger partial charge in [-0.15, -0.1) is 0 Å². The molecule has 0 bridgehead atoms. The number of benzene rings is 1. The van der Waals surface area contributed by atoms with E-state index in [1.54, 1.807) is 0 Å². The predicted molar refractivity (Wildman–Crippen MR) is 62.4 cm³/mol. The fourth-order valence-electron chi connectivity index (χ4n) is 2.12. The second-order valence-corrected chi connectivity index (χ2v) is 4.58. The van der Waals surface area contributed by atoms with Crippen LogP contribution in [0.15, 0.2) is 18.2 Å². The smallest absolute Gasteiger partial charge is 0.0225 e. The third-order valence-electron chi connectivity index (χ3n) is 3.16. The van der Waals surface area contributed by atoms with Crippen LogP contribution >= 0.6 is 0 Å². The molecule has 1 aliphatic rings. The Morgan fingerprint density at radius 3 is 2.64 bits per heavy atom. The monoisotopic (exact) mass is 186 g/mol. The van der Waals surface area contributed by atoms with Crippen LogP contribution in [0.25, 0.3) is 6.08 Å². The fraction of sp³-hybridized carbons (Fsp3) is 0.429. The molecule has 0 aliphatic heterocycles. The van der Waals surface area contributed by atoms with Gasteiger partial charge in [-0.25, -0.2) is 0 Å². The summed E-state index contributed by atoms with van der Waals surface area (Å²) in [7, 11) is 0. The predicted octanol–water partition coefficient (Wildman–Crippen LogP) is 3.90. The van der Waals surface area contributed by atoms with Crippen molar-refractivity contribution in [2.75, 3.05) is 0 Å². The van der Waals surface area contributed by atoms with Crippen LogP contribution in [-0.2, 0) is 6.42 Å². The van der Waals surface area contributed by atoms with Gasteiger partial charge in [0.15, 0.2) is 0 Å². The highest BCUT2D eigenvalue weighted by Gasteiger charge is 2.10. The van der Waals surface area contributed by atoms with Crippen molar-refractivity contribution >= 4 is 6.08 Å². The molecule has 1 aromatic rings. The summed E-state index contributed by atoms with van der Waals surface area (Å²) >= 11 is 0. The Kier molecular flexibility index (Phi) is 2.45. The van der Waals surface area contributed by atoms with E-state index in [4.69, 9.17) is 0 Å². The van der Waals surface area contributed by atoms with Crippen LogP contribution < -0.4 is 0 Å². The normalized spacial score (nSPS) is 20.4. The Morgan fingerprint density at radius 1 is 1.14 bits per heavy atom. The SMILES string of the molecule is Cc1cc2c(cc1C)C[C@@H](C)CC=C2. The lowest BCUT2D eigenvalue weighted by molar-refractivity contribution is 0.594. The molecule has 0 nitrogen and oxygen atoms in total. The molecule has 0 saturated carbocycles. The largest absolute Gasteiger partial charge is 0.0837 e. The lowest BCUT2D eigenvalue weighted by Crippen LogP contribution is -1.99. The summed E-state index contributed by atoms with van der Waals surface area (Å²) in [5, 5.41) is 0. The van der Waals surface area contributed by atoms with Crippen molar-refractivity contribution in [3.05, 3.63) is 40.5 Å². The fourth-order valence-corrected chi connectivity index (χ4v) is 2.12. The van der Waals surface area contributed by atoms with E-state index in [2.05, 4.69) is 45.1 Å². The van der Waals surface area contributed by atoms with E-state index in [1.165, 1.54) is 35.1 Å². The van der Waals surface area contributed by atoms with E-state index in [0.29, 0.717) is 0 Å².